The third-order valence-electron chi connectivity index (χ3n) is 4.84. The molecule has 2 aliphatic rings. The van der Waals surface area contributed by atoms with Crippen molar-refractivity contribution in [3.8, 4) is 23.0 Å². The minimum absolute atomic E-state index is 0.212. The van der Waals surface area contributed by atoms with Gasteiger partial charge in [0.1, 0.15) is 12.4 Å². The summed E-state index contributed by atoms with van der Waals surface area (Å²) < 4.78 is 13.5. The van der Waals surface area contributed by atoms with Crippen LogP contribution in [0.1, 0.15) is 36.7 Å². The molecule has 2 aromatic rings. The summed E-state index contributed by atoms with van der Waals surface area (Å²) in [5.41, 5.74) is 8.79. The molecule has 0 saturated heterocycles. The van der Waals surface area contributed by atoms with Gasteiger partial charge in [-0.2, -0.15) is 0 Å². The van der Waals surface area contributed by atoms with Gasteiger partial charge in [0.2, 0.25) is 0 Å². The molecule has 0 bridgehead atoms. The van der Waals surface area contributed by atoms with Crippen LogP contribution in [0.4, 0.5) is 5.82 Å². The number of methoxy groups -OCH3 is 1. The van der Waals surface area contributed by atoms with Gasteiger partial charge in [0.15, 0.2) is 28.8 Å². The fourth-order valence-electron chi connectivity index (χ4n) is 3.21. The normalized spacial score (nSPS) is 11.2. The Balaban J connectivity index is 1.61. The summed E-state index contributed by atoms with van der Waals surface area (Å²) in [6.45, 7) is 5.14. The summed E-state index contributed by atoms with van der Waals surface area (Å²) >= 11 is 0. The van der Waals surface area contributed by atoms with E-state index in [0.717, 1.165) is 22.8 Å². The number of fused-ring (bicyclic) bond motifs is 1. The molecule has 7 nitrogen and oxygen atoms in total. The molecule has 0 atom stereocenters. The summed E-state index contributed by atoms with van der Waals surface area (Å²) in [7, 11) is 1.64. The largest absolute Gasteiger partial charge is 0.493 e. The molecule has 0 aromatic heterocycles. The maximum atomic E-state index is 6.04. The second-order valence-corrected chi connectivity index (χ2v) is 7.43. The van der Waals surface area contributed by atoms with E-state index in [4.69, 9.17) is 15.2 Å². The number of imidazole rings is 1. The van der Waals surface area contributed by atoms with Crippen LogP contribution >= 0.6 is 0 Å². The summed E-state index contributed by atoms with van der Waals surface area (Å²) in [4.78, 5) is 13.5. The zero-order valence-electron chi connectivity index (χ0n) is 17.4. The lowest BCUT2D eigenvalue weighted by molar-refractivity contribution is 0.284. The molecule has 0 aliphatic carbocycles. The first kappa shape index (κ1) is 19.7. The molecule has 0 amide bonds. The van der Waals surface area contributed by atoms with E-state index in [1.807, 2.05) is 53.1 Å². The van der Waals surface area contributed by atoms with Crippen LogP contribution in [0.5, 0.6) is 11.5 Å². The van der Waals surface area contributed by atoms with Gasteiger partial charge in [0, 0.05) is 5.92 Å². The predicted molar refractivity (Wildman–Crippen MR) is 116 cm³/mol. The molecular formula is C23H25N5O2. The van der Waals surface area contributed by atoms with Crippen LogP contribution in [0.25, 0.3) is 11.5 Å². The van der Waals surface area contributed by atoms with Gasteiger partial charge in [0.05, 0.1) is 20.0 Å². The lowest BCUT2D eigenvalue weighted by atomic mass is 10.2. The highest BCUT2D eigenvalue weighted by Gasteiger charge is 2.20. The van der Waals surface area contributed by atoms with E-state index in [1.165, 1.54) is 0 Å². The summed E-state index contributed by atoms with van der Waals surface area (Å²) in [5.74, 6) is 3.48. The molecule has 2 aliphatic heterocycles. The Morgan fingerprint density at radius 3 is 2.53 bits per heavy atom. The predicted octanol–water partition coefficient (Wildman–Crippen LogP) is 4.12. The van der Waals surface area contributed by atoms with Gasteiger partial charge in [-0.05, 0) is 23.3 Å². The monoisotopic (exact) mass is 403 g/mol. The van der Waals surface area contributed by atoms with Crippen molar-refractivity contribution in [2.45, 2.75) is 32.9 Å². The Labute approximate surface area is 175 Å². The van der Waals surface area contributed by atoms with Crippen molar-refractivity contribution < 1.29 is 9.47 Å². The molecule has 2 heterocycles. The van der Waals surface area contributed by atoms with Gasteiger partial charge >= 0.3 is 0 Å². The van der Waals surface area contributed by atoms with E-state index >= 15 is 0 Å². The van der Waals surface area contributed by atoms with Crippen molar-refractivity contribution in [2.24, 2.45) is 0 Å². The maximum absolute atomic E-state index is 6.04. The Bertz CT molecular complexity index is 1110. The number of benzene rings is 2. The molecule has 7 heteroatoms. The summed E-state index contributed by atoms with van der Waals surface area (Å²) in [6, 6.07) is 15.9. The van der Waals surface area contributed by atoms with Crippen LogP contribution in [0.2, 0.25) is 0 Å². The van der Waals surface area contributed by atoms with E-state index in [-0.39, 0.29) is 5.92 Å². The number of rotatable bonds is 7. The van der Waals surface area contributed by atoms with Crippen LogP contribution in [-0.4, -0.2) is 26.6 Å². The average Bonchev–Trinajstić information content (AvgIpc) is 3.22. The van der Waals surface area contributed by atoms with E-state index in [9.17, 15) is 0 Å². The Kier molecular flexibility index (Phi) is 5.52. The highest BCUT2D eigenvalue weighted by molar-refractivity contribution is 5.65. The number of aromatic nitrogens is 4. The van der Waals surface area contributed by atoms with Gasteiger partial charge in [-0.1, -0.05) is 50.2 Å². The van der Waals surface area contributed by atoms with E-state index in [1.54, 1.807) is 13.4 Å². The van der Waals surface area contributed by atoms with Crippen molar-refractivity contribution in [1.29, 1.82) is 0 Å². The molecule has 0 saturated carbocycles. The molecule has 0 unspecified atom stereocenters. The van der Waals surface area contributed by atoms with Crippen LogP contribution in [0, 0.1) is 0 Å². The first-order valence-corrected chi connectivity index (χ1v) is 9.87. The minimum atomic E-state index is 0.212. The van der Waals surface area contributed by atoms with Crippen LogP contribution in [0.15, 0.2) is 54.9 Å². The quantitative estimate of drug-likeness (QED) is 0.499. The molecule has 0 spiro atoms. The van der Waals surface area contributed by atoms with Crippen molar-refractivity contribution in [3.63, 3.8) is 0 Å². The van der Waals surface area contributed by atoms with E-state index in [2.05, 4.69) is 28.8 Å². The fraction of sp³-hybridized carbons (Fsp3) is 0.261. The zero-order valence-corrected chi connectivity index (χ0v) is 17.4. The molecule has 30 heavy (non-hydrogen) atoms. The maximum Gasteiger partial charge on any atom is 0.166 e. The minimum Gasteiger partial charge on any atom is -0.493 e. The van der Waals surface area contributed by atoms with Gasteiger partial charge < -0.3 is 19.8 Å². The number of anilines is 1. The number of hydrogen-bond donors (Lipinski definition) is 1. The summed E-state index contributed by atoms with van der Waals surface area (Å²) in [6.07, 6.45) is 1.70. The van der Waals surface area contributed by atoms with Crippen LogP contribution in [-0.2, 0) is 13.2 Å². The van der Waals surface area contributed by atoms with E-state index < -0.39 is 0 Å². The molecule has 2 aromatic carbocycles. The first-order valence-electron chi connectivity index (χ1n) is 9.87. The zero-order chi connectivity index (χ0) is 21.1. The summed E-state index contributed by atoms with van der Waals surface area (Å²) in [5, 5.41) is 0. The Morgan fingerprint density at radius 2 is 1.80 bits per heavy atom. The molecule has 2 N–H and O–H groups in total. The van der Waals surface area contributed by atoms with Crippen LogP contribution in [0.3, 0.4) is 0 Å². The van der Waals surface area contributed by atoms with Gasteiger partial charge in [-0.15, -0.1) is 0 Å². The number of hydrogen-bond acceptors (Lipinski definition) is 6. The van der Waals surface area contributed by atoms with Crippen molar-refractivity contribution in [3.05, 3.63) is 71.8 Å². The lowest BCUT2D eigenvalue weighted by Gasteiger charge is -2.15. The van der Waals surface area contributed by atoms with Gasteiger partial charge in [0.25, 0.3) is 0 Å². The second-order valence-electron chi connectivity index (χ2n) is 7.43. The van der Waals surface area contributed by atoms with Crippen molar-refractivity contribution in [1.82, 2.24) is 19.5 Å². The third-order valence-corrected chi connectivity index (χ3v) is 4.84. The second kappa shape index (κ2) is 8.41. The van der Waals surface area contributed by atoms with Crippen molar-refractivity contribution >= 4 is 5.82 Å². The van der Waals surface area contributed by atoms with Gasteiger partial charge in [-0.3, -0.25) is 0 Å². The topological polar surface area (TPSA) is 88.1 Å². The Morgan fingerprint density at radius 1 is 1.00 bits per heavy atom. The molecule has 4 rings (SSSR count). The molecule has 0 fully saturated rings. The van der Waals surface area contributed by atoms with Gasteiger partial charge in [-0.25, -0.2) is 15.0 Å². The standard InChI is InChI=1S/C23H25N5O2/c1-15(2)22-26-20-21(24)25-14-28(23(20)27-22)12-17-9-10-18(29-3)19(11-17)30-13-16-7-5-4-6-8-16/h4-11,14-15H,12-13,24H2,1-3H3. The highest BCUT2D eigenvalue weighted by Crippen LogP contribution is 2.31. The first-order chi connectivity index (χ1) is 14.5. The number of nitrogen functional groups attached to an aromatic ring is 1. The number of ether oxygens (including phenoxy) is 2. The highest BCUT2D eigenvalue weighted by atomic mass is 16.5. The molecule has 154 valence electrons. The smallest absolute Gasteiger partial charge is 0.166 e. The lowest BCUT2D eigenvalue weighted by Crippen LogP contribution is -2.09. The van der Waals surface area contributed by atoms with E-state index in [0.29, 0.717) is 36.2 Å². The van der Waals surface area contributed by atoms with Crippen LogP contribution < -0.4 is 15.2 Å². The molecular weight excluding hydrogens is 378 g/mol. The molecule has 0 radical (unpaired) electrons. The SMILES string of the molecule is COc1ccc(Cn2cnc(N)c3nc(C(C)C)nc2-3)cc1OCc1ccccc1. The third kappa shape index (κ3) is 4.05. The van der Waals surface area contributed by atoms with Crippen molar-refractivity contribution in [2.75, 3.05) is 12.8 Å². The Hall–Kier alpha value is -3.61. The fourth-order valence-corrected chi connectivity index (χ4v) is 3.21. The average molecular weight is 403 g/mol. The number of nitrogens with two attached hydrogens (primary N) is 1. The number of nitrogens with zero attached hydrogens (tertiary/aromatic N) is 4.